The molecule has 0 unspecified atom stereocenters. The van der Waals surface area contributed by atoms with E-state index in [4.69, 9.17) is 0 Å². The predicted molar refractivity (Wildman–Crippen MR) is 78.3 cm³/mol. The molecule has 0 saturated heterocycles. The minimum Gasteiger partial charge on any atom is -0.388 e. The van der Waals surface area contributed by atoms with Crippen LogP contribution in [0.25, 0.3) is 0 Å². The summed E-state index contributed by atoms with van der Waals surface area (Å²) in [5, 5.41) is 9.70. The lowest BCUT2D eigenvalue weighted by Gasteiger charge is -2.12. The average molecular weight is 326 g/mol. The summed E-state index contributed by atoms with van der Waals surface area (Å²) in [6, 6.07) is 13.1. The van der Waals surface area contributed by atoms with Gasteiger partial charge in [0.1, 0.15) is 0 Å². The van der Waals surface area contributed by atoms with Crippen molar-refractivity contribution in [2.75, 3.05) is 0 Å². The molecular formula is C16H13F3O2S. The van der Waals surface area contributed by atoms with Gasteiger partial charge in [-0.2, -0.15) is 13.2 Å². The Morgan fingerprint density at radius 2 is 1.64 bits per heavy atom. The van der Waals surface area contributed by atoms with Crippen LogP contribution in [-0.4, -0.2) is 10.2 Å². The Bertz CT molecular complexity index is 624. The van der Waals surface area contributed by atoms with Crippen molar-refractivity contribution >= 4 is 16.9 Å². The molecular weight excluding hydrogens is 313 g/mol. The van der Waals surface area contributed by atoms with E-state index >= 15 is 0 Å². The summed E-state index contributed by atoms with van der Waals surface area (Å²) in [5.41, 5.74) is -0.497. The highest BCUT2D eigenvalue weighted by molar-refractivity contribution is 8.13. The lowest BCUT2D eigenvalue weighted by molar-refractivity contribution is -0.137. The Labute approximate surface area is 130 Å². The summed E-state index contributed by atoms with van der Waals surface area (Å²) in [5.74, 6) is 0. The molecule has 0 aliphatic heterocycles. The van der Waals surface area contributed by atoms with Gasteiger partial charge < -0.3 is 5.11 Å². The first-order chi connectivity index (χ1) is 10.4. The molecule has 0 heterocycles. The van der Waals surface area contributed by atoms with Gasteiger partial charge in [0.2, 0.25) is 0 Å². The lowest BCUT2D eigenvalue weighted by atomic mass is 10.0. The normalized spacial score (nSPS) is 12.9. The minimum atomic E-state index is -4.41. The van der Waals surface area contributed by atoms with Gasteiger partial charge in [0.25, 0.3) is 0 Å². The number of thioether (sulfide) groups is 1. The number of benzene rings is 2. The number of halogens is 3. The predicted octanol–water partition coefficient (Wildman–Crippen LogP) is 4.45. The van der Waals surface area contributed by atoms with Crippen molar-refractivity contribution in [3.8, 4) is 0 Å². The molecule has 116 valence electrons. The molecule has 2 aromatic rings. The van der Waals surface area contributed by atoms with E-state index in [1.807, 2.05) is 6.07 Å². The molecule has 0 spiro atoms. The van der Waals surface area contributed by atoms with Crippen LogP contribution in [0.5, 0.6) is 0 Å². The molecule has 0 aromatic heterocycles. The molecule has 0 aliphatic rings. The topological polar surface area (TPSA) is 37.3 Å². The molecule has 0 aliphatic carbocycles. The molecule has 0 radical (unpaired) electrons. The Hall–Kier alpha value is -1.79. The zero-order chi connectivity index (χ0) is 16.2. The molecule has 2 nitrogen and oxygen atoms in total. The summed E-state index contributed by atoms with van der Waals surface area (Å²) < 4.78 is 37.4. The fraction of sp³-hybridized carbons (Fsp3) is 0.188. The van der Waals surface area contributed by atoms with Crippen molar-refractivity contribution < 1.29 is 23.1 Å². The van der Waals surface area contributed by atoms with Crippen LogP contribution >= 0.6 is 11.8 Å². The number of carbonyl (C=O) groups excluding carboxylic acids is 1. The van der Waals surface area contributed by atoms with Gasteiger partial charge in [0.15, 0.2) is 5.12 Å². The van der Waals surface area contributed by atoms with Crippen LogP contribution in [0.15, 0.2) is 59.5 Å². The minimum absolute atomic E-state index is 0.162. The Kier molecular flexibility index (Phi) is 5.26. The van der Waals surface area contributed by atoms with Crippen molar-refractivity contribution in [2.45, 2.75) is 23.6 Å². The van der Waals surface area contributed by atoms with Crippen molar-refractivity contribution in [2.24, 2.45) is 0 Å². The average Bonchev–Trinajstić information content (AvgIpc) is 2.47. The quantitative estimate of drug-likeness (QED) is 0.844. The highest BCUT2D eigenvalue weighted by Crippen LogP contribution is 2.31. The second kappa shape index (κ2) is 6.98. The number of alkyl halides is 3. The fourth-order valence-corrected chi connectivity index (χ4v) is 2.63. The number of aliphatic hydroxyl groups excluding tert-OH is 1. The summed E-state index contributed by atoms with van der Waals surface area (Å²) in [4.78, 5) is 12.6. The van der Waals surface area contributed by atoms with Gasteiger partial charge in [-0.25, -0.2) is 0 Å². The third kappa shape index (κ3) is 4.61. The fourth-order valence-electron chi connectivity index (χ4n) is 1.83. The van der Waals surface area contributed by atoms with Gasteiger partial charge in [-0.15, -0.1) is 0 Å². The summed E-state index contributed by atoms with van der Waals surface area (Å²) >= 11 is 0.995. The van der Waals surface area contributed by atoms with E-state index in [1.165, 1.54) is 12.1 Å². The second-order valence-corrected chi connectivity index (χ2v) is 5.76. The van der Waals surface area contributed by atoms with Crippen LogP contribution in [0.4, 0.5) is 13.2 Å². The van der Waals surface area contributed by atoms with Crippen molar-refractivity contribution in [3.05, 3.63) is 65.7 Å². The highest BCUT2D eigenvalue weighted by atomic mass is 32.2. The Morgan fingerprint density at radius 3 is 2.18 bits per heavy atom. The van der Waals surface area contributed by atoms with Crippen LogP contribution in [0.1, 0.15) is 23.7 Å². The molecule has 2 aromatic carbocycles. The summed E-state index contributed by atoms with van der Waals surface area (Å²) in [7, 11) is 0. The summed E-state index contributed by atoms with van der Waals surface area (Å²) in [6.07, 6.45) is -5.70. The maximum atomic E-state index is 12.5. The summed E-state index contributed by atoms with van der Waals surface area (Å²) in [6.45, 7) is 0. The second-order valence-electron chi connectivity index (χ2n) is 4.63. The van der Waals surface area contributed by atoms with Gasteiger partial charge in [0, 0.05) is 11.3 Å². The molecule has 0 saturated carbocycles. The van der Waals surface area contributed by atoms with Crippen molar-refractivity contribution in [1.29, 1.82) is 0 Å². The van der Waals surface area contributed by atoms with Gasteiger partial charge in [-0.05, 0) is 29.8 Å². The van der Waals surface area contributed by atoms with Gasteiger partial charge in [-0.3, -0.25) is 4.79 Å². The number of hydrogen-bond acceptors (Lipinski definition) is 3. The number of hydrogen-bond donors (Lipinski definition) is 1. The first-order valence-electron chi connectivity index (χ1n) is 6.47. The van der Waals surface area contributed by atoms with Gasteiger partial charge in [-0.1, -0.05) is 42.1 Å². The third-order valence-electron chi connectivity index (χ3n) is 2.96. The van der Waals surface area contributed by atoms with Gasteiger partial charge in [0.05, 0.1) is 11.7 Å². The van der Waals surface area contributed by atoms with E-state index in [0.29, 0.717) is 0 Å². The monoisotopic (exact) mass is 326 g/mol. The van der Waals surface area contributed by atoms with E-state index in [2.05, 4.69) is 0 Å². The Balaban J connectivity index is 1.97. The zero-order valence-corrected chi connectivity index (χ0v) is 12.2. The first-order valence-corrected chi connectivity index (χ1v) is 7.29. The highest BCUT2D eigenvalue weighted by Gasteiger charge is 2.30. The molecule has 0 amide bonds. The largest absolute Gasteiger partial charge is 0.416 e. The van der Waals surface area contributed by atoms with E-state index in [9.17, 15) is 23.1 Å². The zero-order valence-electron chi connectivity index (χ0n) is 11.4. The molecule has 0 bridgehead atoms. The van der Waals surface area contributed by atoms with Crippen LogP contribution in [-0.2, 0) is 11.0 Å². The number of carbonyl (C=O) groups is 1. The lowest BCUT2D eigenvalue weighted by Crippen LogP contribution is -2.07. The molecule has 22 heavy (non-hydrogen) atoms. The van der Waals surface area contributed by atoms with Crippen LogP contribution in [0, 0.1) is 0 Å². The van der Waals surface area contributed by atoms with Crippen LogP contribution in [0.3, 0.4) is 0 Å². The first kappa shape index (κ1) is 16.6. The van der Waals surface area contributed by atoms with Crippen LogP contribution < -0.4 is 0 Å². The smallest absolute Gasteiger partial charge is 0.388 e. The van der Waals surface area contributed by atoms with E-state index in [1.54, 1.807) is 24.3 Å². The maximum absolute atomic E-state index is 12.5. The van der Waals surface area contributed by atoms with E-state index in [-0.39, 0.29) is 17.1 Å². The molecule has 0 fully saturated rings. The van der Waals surface area contributed by atoms with Gasteiger partial charge >= 0.3 is 6.18 Å². The van der Waals surface area contributed by atoms with E-state index < -0.39 is 17.8 Å². The Morgan fingerprint density at radius 1 is 1.05 bits per heavy atom. The standard InChI is InChI=1S/C16H13F3O2S/c17-16(18,19)12-8-6-11(7-9-12)14(20)10-15(21)22-13-4-2-1-3-5-13/h1-9,14,20H,10H2/t14-/m1/s1. The molecule has 1 atom stereocenters. The number of rotatable bonds is 4. The SMILES string of the molecule is O=C(C[C@@H](O)c1ccc(C(F)(F)F)cc1)Sc1ccccc1. The molecule has 6 heteroatoms. The maximum Gasteiger partial charge on any atom is 0.416 e. The molecule has 1 N–H and O–H groups in total. The van der Waals surface area contributed by atoms with E-state index in [0.717, 1.165) is 28.8 Å². The molecule has 2 rings (SSSR count). The third-order valence-corrected chi connectivity index (χ3v) is 3.86. The van der Waals surface area contributed by atoms with Crippen molar-refractivity contribution in [1.82, 2.24) is 0 Å². The number of aliphatic hydroxyl groups is 1. The van der Waals surface area contributed by atoms with Crippen molar-refractivity contribution in [3.63, 3.8) is 0 Å². The van der Waals surface area contributed by atoms with Crippen LogP contribution in [0.2, 0.25) is 0 Å².